The SMILES string of the molecule is CCOCc1nc2c(N)nc(C)c(C)c2n1CC(C)(C)NS(=O)(=O)C(C)C. The molecule has 3 N–H and O–H groups in total. The number of ether oxygens (including phenoxy) is 1. The number of nitrogens with one attached hydrogen (secondary N) is 1. The summed E-state index contributed by atoms with van der Waals surface area (Å²) in [6.07, 6.45) is 0. The van der Waals surface area contributed by atoms with Gasteiger partial charge in [0.15, 0.2) is 5.82 Å². The van der Waals surface area contributed by atoms with Crippen molar-refractivity contribution >= 4 is 26.9 Å². The van der Waals surface area contributed by atoms with E-state index in [2.05, 4.69) is 14.7 Å². The Balaban J connectivity index is 2.58. The first-order valence-electron chi connectivity index (χ1n) is 9.12. The van der Waals surface area contributed by atoms with Gasteiger partial charge in [-0.2, -0.15) is 0 Å². The van der Waals surface area contributed by atoms with Crippen LogP contribution < -0.4 is 10.5 Å². The third-order valence-corrected chi connectivity index (χ3v) is 6.58. The summed E-state index contributed by atoms with van der Waals surface area (Å²) in [7, 11) is -3.42. The highest BCUT2D eigenvalue weighted by Gasteiger charge is 2.30. The van der Waals surface area contributed by atoms with Crippen LogP contribution in [0.25, 0.3) is 11.0 Å². The molecule has 0 aromatic carbocycles. The van der Waals surface area contributed by atoms with Gasteiger partial charge < -0.3 is 15.0 Å². The molecule has 2 aromatic heterocycles. The van der Waals surface area contributed by atoms with Crippen molar-refractivity contribution in [2.45, 2.75) is 72.4 Å². The summed E-state index contributed by atoms with van der Waals surface area (Å²) in [4.78, 5) is 9.01. The van der Waals surface area contributed by atoms with Gasteiger partial charge >= 0.3 is 0 Å². The molecule has 0 atom stereocenters. The first-order chi connectivity index (χ1) is 12.4. The fourth-order valence-corrected chi connectivity index (χ4v) is 4.02. The van der Waals surface area contributed by atoms with E-state index in [1.807, 2.05) is 39.2 Å². The fourth-order valence-electron chi connectivity index (χ4n) is 2.95. The number of hydrogen-bond donors (Lipinski definition) is 2. The minimum Gasteiger partial charge on any atom is -0.382 e. The average Bonchev–Trinajstić information content (AvgIpc) is 2.88. The molecule has 0 fully saturated rings. The number of nitrogens with zero attached hydrogens (tertiary/aromatic N) is 3. The van der Waals surface area contributed by atoms with Crippen LogP contribution in [0.3, 0.4) is 0 Å². The van der Waals surface area contributed by atoms with E-state index in [0.717, 1.165) is 16.8 Å². The molecule has 0 saturated carbocycles. The molecule has 2 aromatic rings. The molecule has 0 aliphatic heterocycles. The van der Waals surface area contributed by atoms with Crippen LogP contribution in [0.5, 0.6) is 0 Å². The van der Waals surface area contributed by atoms with Gasteiger partial charge in [0.1, 0.15) is 17.9 Å². The number of rotatable bonds is 8. The normalized spacial score (nSPS) is 13.0. The van der Waals surface area contributed by atoms with Gasteiger partial charge in [-0.15, -0.1) is 0 Å². The molecule has 0 radical (unpaired) electrons. The fraction of sp³-hybridized carbons (Fsp3) is 0.667. The van der Waals surface area contributed by atoms with Gasteiger partial charge in [-0.1, -0.05) is 0 Å². The van der Waals surface area contributed by atoms with Crippen molar-refractivity contribution < 1.29 is 13.2 Å². The molecule has 0 spiro atoms. The lowest BCUT2D eigenvalue weighted by atomic mass is 10.1. The number of anilines is 1. The van der Waals surface area contributed by atoms with Crippen molar-refractivity contribution in [1.29, 1.82) is 0 Å². The van der Waals surface area contributed by atoms with Crippen molar-refractivity contribution in [2.75, 3.05) is 12.3 Å². The number of pyridine rings is 1. The largest absolute Gasteiger partial charge is 0.382 e. The van der Waals surface area contributed by atoms with E-state index in [-0.39, 0.29) is 0 Å². The second-order valence-electron chi connectivity index (χ2n) is 7.74. The maximum absolute atomic E-state index is 12.4. The molecule has 0 aliphatic rings. The number of hydrogen-bond acceptors (Lipinski definition) is 6. The highest BCUT2D eigenvalue weighted by Crippen LogP contribution is 2.28. The summed E-state index contributed by atoms with van der Waals surface area (Å²) in [5, 5.41) is -0.511. The molecule has 2 heterocycles. The van der Waals surface area contributed by atoms with Crippen LogP contribution in [0.4, 0.5) is 5.82 Å². The van der Waals surface area contributed by atoms with Crippen molar-refractivity contribution in [3.8, 4) is 0 Å². The van der Waals surface area contributed by atoms with Crippen LogP contribution in [0.2, 0.25) is 0 Å². The molecule has 0 amide bonds. The Morgan fingerprint density at radius 1 is 1.26 bits per heavy atom. The van der Waals surface area contributed by atoms with Gasteiger partial charge in [0.25, 0.3) is 0 Å². The Kier molecular flexibility index (Phi) is 6.18. The number of nitrogen functional groups attached to an aromatic ring is 1. The van der Waals surface area contributed by atoms with E-state index in [1.54, 1.807) is 13.8 Å². The van der Waals surface area contributed by atoms with E-state index in [9.17, 15) is 8.42 Å². The predicted molar refractivity (Wildman–Crippen MR) is 108 cm³/mol. The molecular weight excluding hydrogens is 366 g/mol. The quantitative estimate of drug-likeness (QED) is 0.707. The molecule has 0 unspecified atom stereocenters. The van der Waals surface area contributed by atoms with Crippen molar-refractivity contribution in [3.05, 3.63) is 17.1 Å². The standard InChI is InChI=1S/C18H31N5O3S/c1-8-26-9-14-21-15-16(12(4)13(5)20-17(15)19)23(14)10-18(6,7)22-27(24,25)11(2)3/h11,22H,8-10H2,1-7H3,(H2,19,20). The second-order valence-corrected chi connectivity index (χ2v) is 9.97. The Morgan fingerprint density at radius 2 is 1.89 bits per heavy atom. The molecule has 0 saturated heterocycles. The maximum Gasteiger partial charge on any atom is 0.214 e. The number of aromatic nitrogens is 3. The lowest BCUT2D eigenvalue weighted by Crippen LogP contribution is -2.49. The van der Waals surface area contributed by atoms with Crippen LogP contribution >= 0.6 is 0 Å². The molecular formula is C18H31N5O3S. The Bertz CT molecular complexity index is 932. The number of fused-ring (bicyclic) bond motifs is 1. The van der Waals surface area contributed by atoms with E-state index >= 15 is 0 Å². The van der Waals surface area contributed by atoms with Gasteiger partial charge in [0, 0.05) is 24.4 Å². The highest BCUT2D eigenvalue weighted by molar-refractivity contribution is 7.90. The van der Waals surface area contributed by atoms with E-state index < -0.39 is 20.8 Å². The van der Waals surface area contributed by atoms with E-state index in [1.165, 1.54) is 0 Å². The predicted octanol–water partition coefficient (Wildman–Crippen LogP) is 2.27. The molecule has 2 rings (SSSR count). The molecule has 9 heteroatoms. The zero-order valence-corrected chi connectivity index (χ0v) is 18.1. The number of nitrogens with two attached hydrogens (primary N) is 1. The van der Waals surface area contributed by atoms with E-state index in [0.29, 0.717) is 36.9 Å². The van der Waals surface area contributed by atoms with Gasteiger partial charge in [-0.3, -0.25) is 0 Å². The second kappa shape index (κ2) is 7.73. The summed E-state index contributed by atoms with van der Waals surface area (Å²) >= 11 is 0. The third kappa shape index (κ3) is 4.59. The topological polar surface area (TPSA) is 112 Å². The minimum atomic E-state index is -3.42. The third-order valence-electron chi connectivity index (χ3n) is 4.50. The smallest absolute Gasteiger partial charge is 0.214 e. The molecule has 0 bridgehead atoms. The minimum absolute atomic E-state index is 0.316. The van der Waals surface area contributed by atoms with Gasteiger partial charge in [-0.05, 0) is 54.0 Å². The lowest BCUT2D eigenvalue weighted by Gasteiger charge is -2.29. The molecule has 8 nitrogen and oxygen atoms in total. The Labute approximate surface area is 161 Å². The van der Waals surface area contributed by atoms with Crippen LogP contribution in [-0.2, 0) is 27.9 Å². The maximum atomic E-state index is 12.4. The first-order valence-corrected chi connectivity index (χ1v) is 10.7. The van der Waals surface area contributed by atoms with Gasteiger partial charge in [0.2, 0.25) is 10.0 Å². The van der Waals surface area contributed by atoms with Crippen molar-refractivity contribution in [1.82, 2.24) is 19.3 Å². The van der Waals surface area contributed by atoms with Crippen LogP contribution in [-0.4, -0.2) is 40.3 Å². The number of aryl methyl sites for hydroxylation is 2. The summed E-state index contributed by atoms with van der Waals surface area (Å²) in [5.41, 5.74) is 8.66. The summed E-state index contributed by atoms with van der Waals surface area (Å²) < 4.78 is 35.1. The first kappa shape index (κ1) is 21.6. The van der Waals surface area contributed by atoms with Gasteiger partial charge in [-0.25, -0.2) is 23.1 Å². The van der Waals surface area contributed by atoms with Crippen molar-refractivity contribution in [2.24, 2.45) is 0 Å². The van der Waals surface area contributed by atoms with Crippen LogP contribution in [0, 0.1) is 13.8 Å². The Hall–Kier alpha value is -1.71. The highest BCUT2D eigenvalue weighted by atomic mass is 32.2. The van der Waals surface area contributed by atoms with Crippen LogP contribution in [0.1, 0.15) is 51.7 Å². The number of sulfonamides is 1. The zero-order chi connectivity index (χ0) is 20.6. The molecule has 0 aliphatic carbocycles. The van der Waals surface area contributed by atoms with Crippen molar-refractivity contribution in [3.63, 3.8) is 0 Å². The molecule has 152 valence electrons. The average molecular weight is 398 g/mol. The Morgan fingerprint density at radius 3 is 2.44 bits per heavy atom. The summed E-state index contributed by atoms with van der Waals surface area (Å²) in [6.45, 7) is 14.1. The number of imidazole rings is 1. The van der Waals surface area contributed by atoms with Gasteiger partial charge in [0.05, 0.1) is 10.8 Å². The molecule has 27 heavy (non-hydrogen) atoms. The lowest BCUT2D eigenvalue weighted by molar-refractivity contribution is 0.125. The monoisotopic (exact) mass is 397 g/mol. The van der Waals surface area contributed by atoms with Crippen LogP contribution in [0.15, 0.2) is 0 Å². The summed E-state index contributed by atoms with van der Waals surface area (Å²) in [5.74, 6) is 1.07. The summed E-state index contributed by atoms with van der Waals surface area (Å²) in [6, 6.07) is 0. The van der Waals surface area contributed by atoms with E-state index in [4.69, 9.17) is 10.5 Å². The zero-order valence-electron chi connectivity index (χ0n) is 17.3.